The normalized spacial score (nSPS) is 15.1. The van der Waals surface area contributed by atoms with Gasteiger partial charge in [-0.3, -0.25) is 4.79 Å². The number of methoxy groups -OCH3 is 1. The molecule has 0 aromatic heterocycles. The molecule has 0 fully saturated rings. The number of unbranched alkanes of at least 4 members (excludes halogenated alkanes) is 3. The Morgan fingerprint density at radius 3 is 2.46 bits per heavy atom. The van der Waals surface area contributed by atoms with E-state index in [0.29, 0.717) is 6.42 Å². The molecule has 0 saturated heterocycles. The second kappa shape index (κ2) is 5.97. The molecule has 0 aliphatic rings. The molecular formula is C10H21NO2. The summed E-state index contributed by atoms with van der Waals surface area (Å²) < 4.78 is 4.61. The topological polar surface area (TPSA) is 52.3 Å². The van der Waals surface area contributed by atoms with Crippen LogP contribution in [0.2, 0.25) is 0 Å². The van der Waals surface area contributed by atoms with E-state index in [1.54, 1.807) is 6.92 Å². The number of rotatable bonds is 6. The Labute approximate surface area is 80.6 Å². The van der Waals surface area contributed by atoms with E-state index in [4.69, 9.17) is 5.73 Å². The van der Waals surface area contributed by atoms with Crippen molar-refractivity contribution in [3.8, 4) is 0 Å². The summed E-state index contributed by atoms with van der Waals surface area (Å²) in [6.07, 6.45) is 5.24. The maximum Gasteiger partial charge on any atom is 0.325 e. The lowest BCUT2D eigenvalue weighted by molar-refractivity contribution is -0.146. The van der Waals surface area contributed by atoms with Gasteiger partial charge < -0.3 is 10.5 Å². The Hall–Kier alpha value is -0.570. The van der Waals surface area contributed by atoms with Crippen LogP contribution in [-0.4, -0.2) is 18.6 Å². The maximum atomic E-state index is 11.2. The zero-order chi connectivity index (χ0) is 10.3. The smallest absolute Gasteiger partial charge is 0.325 e. The molecule has 1 atom stereocenters. The minimum atomic E-state index is -0.803. The lowest BCUT2D eigenvalue weighted by atomic mass is 9.95. The molecule has 3 heteroatoms. The molecule has 0 aromatic rings. The summed E-state index contributed by atoms with van der Waals surface area (Å²) in [5.41, 5.74) is 4.98. The predicted molar refractivity (Wildman–Crippen MR) is 53.4 cm³/mol. The average molecular weight is 187 g/mol. The van der Waals surface area contributed by atoms with Crippen molar-refractivity contribution in [1.82, 2.24) is 0 Å². The van der Waals surface area contributed by atoms with Crippen LogP contribution in [0.25, 0.3) is 0 Å². The third-order valence-corrected chi connectivity index (χ3v) is 2.20. The largest absolute Gasteiger partial charge is 0.468 e. The Bertz CT molecular complexity index is 155. The Kier molecular flexibility index (Phi) is 5.71. The van der Waals surface area contributed by atoms with Gasteiger partial charge in [0.05, 0.1) is 7.11 Å². The molecule has 0 aromatic carbocycles. The fraction of sp³-hybridized carbons (Fsp3) is 0.900. The Balaban J connectivity index is 3.69. The van der Waals surface area contributed by atoms with Crippen LogP contribution < -0.4 is 5.73 Å². The van der Waals surface area contributed by atoms with Gasteiger partial charge in [-0.25, -0.2) is 0 Å². The summed E-state index contributed by atoms with van der Waals surface area (Å²) in [6.45, 7) is 3.88. The van der Waals surface area contributed by atoms with E-state index in [1.165, 1.54) is 20.0 Å². The first-order chi connectivity index (χ1) is 6.04. The molecule has 1 unspecified atom stereocenters. The lowest BCUT2D eigenvalue weighted by Gasteiger charge is -2.20. The monoisotopic (exact) mass is 187 g/mol. The van der Waals surface area contributed by atoms with Gasteiger partial charge in [0.25, 0.3) is 0 Å². The van der Waals surface area contributed by atoms with Crippen LogP contribution in [-0.2, 0) is 9.53 Å². The van der Waals surface area contributed by atoms with E-state index in [-0.39, 0.29) is 5.97 Å². The van der Waals surface area contributed by atoms with E-state index in [1.807, 2.05) is 0 Å². The molecule has 0 aliphatic carbocycles. The van der Waals surface area contributed by atoms with Crippen molar-refractivity contribution in [2.24, 2.45) is 5.73 Å². The summed E-state index contributed by atoms with van der Waals surface area (Å²) in [5.74, 6) is -0.316. The first-order valence-corrected chi connectivity index (χ1v) is 4.92. The van der Waals surface area contributed by atoms with Gasteiger partial charge in [-0.05, 0) is 13.3 Å². The average Bonchev–Trinajstić information content (AvgIpc) is 2.11. The fourth-order valence-corrected chi connectivity index (χ4v) is 1.25. The van der Waals surface area contributed by atoms with Crippen molar-refractivity contribution in [3.63, 3.8) is 0 Å². The Morgan fingerprint density at radius 1 is 1.38 bits per heavy atom. The third kappa shape index (κ3) is 4.88. The number of hydrogen-bond donors (Lipinski definition) is 1. The molecule has 0 rings (SSSR count). The molecular weight excluding hydrogens is 166 g/mol. The van der Waals surface area contributed by atoms with Crippen LogP contribution in [0.15, 0.2) is 0 Å². The Morgan fingerprint density at radius 2 is 2.00 bits per heavy atom. The highest BCUT2D eigenvalue weighted by molar-refractivity contribution is 5.79. The fourth-order valence-electron chi connectivity index (χ4n) is 1.25. The second-order valence-corrected chi connectivity index (χ2v) is 3.72. The summed E-state index contributed by atoms with van der Waals surface area (Å²) in [6, 6.07) is 0. The van der Waals surface area contributed by atoms with E-state index in [0.717, 1.165) is 12.8 Å². The van der Waals surface area contributed by atoms with E-state index < -0.39 is 5.54 Å². The predicted octanol–water partition coefficient (Wildman–Crippen LogP) is 1.85. The number of carbonyl (C=O) groups excluding carboxylic acids is 1. The highest BCUT2D eigenvalue weighted by atomic mass is 16.5. The van der Waals surface area contributed by atoms with Gasteiger partial charge in [-0.2, -0.15) is 0 Å². The molecule has 2 N–H and O–H groups in total. The van der Waals surface area contributed by atoms with Gasteiger partial charge in [0.1, 0.15) is 5.54 Å². The molecule has 0 bridgehead atoms. The lowest BCUT2D eigenvalue weighted by Crippen LogP contribution is -2.45. The summed E-state index contributed by atoms with van der Waals surface area (Å²) in [5, 5.41) is 0. The third-order valence-electron chi connectivity index (χ3n) is 2.20. The molecule has 78 valence electrons. The van der Waals surface area contributed by atoms with Crippen LogP contribution >= 0.6 is 0 Å². The molecule has 0 heterocycles. The minimum absolute atomic E-state index is 0.316. The van der Waals surface area contributed by atoms with Crippen molar-refractivity contribution in [2.75, 3.05) is 7.11 Å². The highest BCUT2D eigenvalue weighted by Gasteiger charge is 2.28. The summed E-state index contributed by atoms with van der Waals surface area (Å²) in [4.78, 5) is 11.2. The number of hydrogen-bond acceptors (Lipinski definition) is 3. The molecule has 3 nitrogen and oxygen atoms in total. The SMILES string of the molecule is CCCCCCC(C)(N)C(=O)OC. The van der Waals surface area contributed by atoms with Gasteiger partial charge >= 0.3 is 5.97 Å². The zero-order valence-corrected chi connectivity index (χ0v) is 8.93. The summed E-state index contributed by atoms with van der Waals surface area (Å²) >= 11 is 0. The standard InChI is InChI=1S/C10H21NO2/c1-4-5-6-7-8-10(2,11)9(12)13-3/h4-8,11H2,1-3H3. The van der Waals surface area contributed by atoms with Crippen molar-refractivity contribution in [2.45, 2.75) is 51.5 Å². The number of nitrogens with two attached hydrogens (primary N) is 1. The van der Waals surface area contributed by atoms with Crippen LogP contribution in [0.5, 0.6) is 0 Å². The van der Waals surface area contributed by atoms with Gasteiger partial charge in [-0.1, -0.05) is 32.6 Å². The first kappa shape index (κ1) is 12.4. The van der Waals surface area contributed by atoms with Crippen molar-refractivity contribution >= 4 is 5.97 Å². The maximum absolute atomic E-state index is 11.2. The van der Waals surface area contributed by atoms with Gasteiger partial charge in [0.2, 0.25) is 0 Å². The van der Waals surface area contributed by atoms with Crippen molar-refractivity contribution in [1.29, 1.82) is 0 Å². The van der Waals surface area contributed by atoms with E-state index in [9.17, 15) is 4.79 Å². The highest BCUT2D eigenvalue weighted by Crippen LogP contribution is 2.13. The summed E-state index contributed by atoms with van der Waals surface area (Å²) in [7, 11) is 1.37. The van der Waals surface area contributed by atoms with Gasteiger partial charge in [-0.15, -0.1) is 0 Å². The van der Waals surface area contributed by atoms with E-state index >= 15 is 0 Å². The minimum Gasteiger partial charge on any atom is -0.468 e. The molecule has 0 saturated carbocycles. The number of esters is 1. The van der Waals surface area contributed by atoms with Crippen LogP contribution in [0.4, 0.5) is 0 Å². The number of ether oxygens (including phenoxy) is 1. The van der Waals surface area contributed by atoms with Crippen LogP contribution in [0, 0.1) is 0 Å². The van der Waals surface area contributed by atoms with Crippen molar-refractivity contribution < 1.29 is 9.53 Å². The first-order valence-electron chi connectivity index (χ1n) is 4.92. The quantitative estimate of drug-likeness (QED) is 0.510. The molecule has 0 amide bonds. The van der Waals surface area contributed by atoms with Gasteiger partial charge in [0, 0.05) is 0 Å². The number of carbonyl (C=O) groups is 1. The second-order valence-electron chi connectivity index (χ2n) is 3.72. The van der Waals surface area contributed by atoms with Crippen LogP contribution in [0.3, 0.4) is 0 Å². The molecule has 0 aliphatic heterocycles. The van der Waals surface area contributed by atoms with Gasteiger partial charge in [0.15, 0.2) is 0 Å². The molecule has 0 radical (unpaired) electrons. The zero-order valence-electron chi connectivity index (χ0n) is 8.93. The molecule has 0 spiro atoms. The van der Waals surface area contributed by atoms with E-state index in [2.05, 4.69) is 11.7 Å². The van der Waals surface area contributed by atoms with Crippen molar-refractivity contribution in [3.05, 3.63) is 0 Å². The van der Waals surface area contributed by atoms with Crippen LogP contribution in [0.1, 0.15) is 46.0 Å². The molecule has 13 heavy (non-hydrogen) atoms.